The van der Waals surface area contributed by atoms with Gasteiger partial charge in [-0.15, -0.1) is 0 Å². The maximum Gasteiger partial charge on any atom is 0.276 e. The Morgan fingerprint density at radius 2 is 1.96 bits per heavy atom. The van der Waals surface area contributed by atoms with Crippen LogP contribution in [0.5, 0.6) is 5.88 Å². The Morgan fingerprint density at radius 1 is 1.19 bits per heavy atom. The molecule has 1 amide bonds. The number of aryl methyl sites for hydroxylation is 1. The first-order valence-electron chi connectivity index (χ1n) is 9.14. The molecule has 4 rings (SSSR count). The smallest absolute Gasteiger partial charge is 0.276 e. The van der Waals surface area contributed by atoms with E-state index in [9.17, 15) is 4.79 Å². The summed E-state index contributed by atoms with van der Waals surface area (Å²) in [5, 5.41) is 8.10. The first-order chi connectivity index (χ1) is 13.1. The Morgan fingerprint density at radius 3 is 2.78 bits per heavy atom. The topological polar surface area (TPSA) is 72.3 Å². The Labute approximate surface area is 157 Å². The van der Waals surface area contributed by atoms with Gasteiger partial charge in [0, 0.05) is 43.5 Å². The quantitative estimate of drug-likeness (QED) is 0.770. The standard InChI is InChI=1S/C20H23N5O2/c1-24-11-8-15(9-12-24)27-18-13-14(7-10-21-18)22-20(26)19-16-5-3-4-6-17(16)25(2)23-19/h3-7,10,13,15H,8-9,11-12H2,1-2H3,(H,21,22,26). The van der Waals surface area contributed by atoms with Gasteiger partial charge in [0.25, 0.3) is 5.91 Å². The maximum atomic E-state index is 12.7. The van der Waals surface area contributed by atoms with Gasteiger partial charge in [0.05, 0.1) is 5.52 Å². The number of hydrogen-bond donors (Lipinski definition) is 1. The average molecular weight is 365 g/mol. The van der Waals surface area contributed by atoms with Crippen molar-refractivity contribution in [2.45, 2.75) is 18.9 Å². The van der Waals surface area contributed by atoms with Crippen molar-refractivity contribution in [1.29, 1.82) is 0 Å². The van der Waals surface area contributed by atoms with Crippen LogP contribution in [0.2, 0.25) is 0 Å². The number of carbonyl (C=O) groups excluding carboxylic acids is 1. The largest absolute Gasteiger partial charge is 0.474 e. The van der Waals surface area contributed by atoms with Crippen molar-refractivity contribution >= 4 is 22.5 Å². The molecule has 0 spiro atoms. The molecule has 1 aliphatic rings. The first-order valence-corrected chi connectivity index (χ1v) is 9.14. The molecule has 7 heteroatoms. The fraction of sp³-hybridized carbons (Fsp3) is 0.350. The average Bonchev–Trinajstić information content (AvgIpc) is 3.01. The Kier molecular flexibility index (Phi) is 4.77. The number of piperidine rings is 1. The van der Waals surface area contributed by atoms with E-state index in [1.807, 2.05) is 31.3 Å². The molecule has 0 aliphatic carbocycles. The van der Waals surface area contributed by atoms with Crippen molar-refractivity contribution in [3.63, 3.8) is 0 Å². The number of nitrogens with one attached hydrogen (secondary N) is 1. The predicted molar refractivity (Wildman–Crippen MR) is 104 cm³/mol. The zero-order valence-electron chi connectivity index (χ0n) is 15.6. The second-order valence-electron chi connectivity index (χ2n) is 6.95. The summed E-state index contributed by atoms with van der Waals surface area (Å²) in [4.78, 5) is 19.3. The van der Waals surface area contributed by atoms with E-state index >= 15 is 0 Å². The molecule has 1 aromatic carbocycles. The molecule has 2 aromatic heterocycles. The molecule has 0 bridgehead atoms. The normalized spacial score (nSPS) is 15.8. The van der Waals surface area contributed by atoms with Crippen LogP contribution in [-0.4, -0.2) is 51.8 Å². The molecular formula is C20H23N5O2. The number of benzene rings is 1. The number of likely N-dealkylation sites (tertiary alicyclic amines) is 1. The number of carbonyl (C=O) groups is 1. The van der Waals surface area contributed by atoms with Gasteiger partial charge in [0.15, 0.2) is 5.69 Å². The second kappa shape index (κ2) is 7.36. The number of amides is 1. The third kappa shape index (κ3) is 3.78. The number of anilines is 1. The summed E-state index contributed by atoms with van der Waals surface area (Å²) in [6.45, 7) is 2.04. The minimum absolute atomic E-state index is 0.166. The Balaban J connectivity index is 1.48. The number of aromatic nitrogens is 3. The number of pyridine rings is 1. The van der Waals surface area contributed by atoms with Gasteiger partial charge in [0.2, 0.25) is 5.88 Å². The van der Waals surface area contributed by atoms with Crippen LogP contribution < -0.4 is 10.1 Å². The lowest BCUT2D eigenvalue weighted by Crippen LogP contribution is -2.35. The molecule has 1 fully saturated rings. The molecule has 140 valence electrons. The molecule has 3 aromatic rings. The monoisotopic (exact) mass is 365 g/mol. The van der Waals surface area contributed by atoms with Crippen LogP contribution in [0.15, 0.2) is 42.6 Å². The maximum absolute atomic E-state index is 12.7. The molecule has 3 heterocycles. The molecular weight excluding hydrogens is 342 g/mol. The number of para-hydroxylation sites is 1. The molecule has 0 radical (unpaired) electrons. The fourth-order valence-corrected chi connectivity index (χ4v) is 3.40. The van der Waals surface area contributed by atoms with Crippen LogP contribution in [0.25, 0.3) is 10.9 Å². The van der Waals surface area contributed by atoms with Crippen LogP contribution in [0, 0.1) is 0 Å². The summed E-state index contributed by atoms with van der Waals surface area (Å²) in [6, 6.07) is 11.2. The Hall–Kier alpha value is -2.93. The lowest BCUT2D eigenvalue weighted by atomic mass is 10.1. The third-order valence-electron chi connectivity index (χ3n) is 4.92. The summed E-state index contributed by atoms with van der Waals surface area (Å²) in [5.74, 6) is 0.288. The molecule has 1 saturated heterocycles. The molecule has 0 saturated carbocycles. The van der Waals surface area contributed by atoms with Crippen LogP contribution in [0.3, 0.4) is 0 Å². The van der Waals surface area contributed by atoms with E-state index in [1.54, 1.807) is 23.0 Å². The highest BCUT2D eigenvalue weighted by molar-refractivity contribution is 6.11. The highest BCUT2D eigenvalue weighted by Gasteiger charge is 2.19. The van der Waals surface area contributed by atoms with E-state index in [2.05, 4.69) is 27.3 Å². The Bertz CT molecular complexity index is 960. The van der Waals surface area contributed by atoms with E-state index < -0.39 is 0 Å². The highest BCUT2D eigenvalue weighted by Crippen LogP contribution is 2.22. The summed E-state index contributed by atoms with van der Waals surface area (Å²) < 4.78 is 7.71. The minimum atomic E-state index is -0.247. The molecule has 0 atom stereocenters. The lowest BCUT2D eigenvalue weighted by Gasteiger charge is -2.28. The van der Waals surface area contributed by atoms with Crippen LogP contribution >= 0.6 is 0 Å². The molecule has 1 aliphatic heterocycles. The van der Waals surface area contributed by atoms with Gasteiger partial charge in [-0.2, -0.15) is 5.10 Å². The summed E-state index contributed by atoms with van der Waals surface area (Å²) in [5.41, 5.74) is 1.97. The van der Waals surface area contributed by atoms with E-state index in [4.69, 9.17) is 4.74 Å². The number of nitrogens with zero attached hydrogens (tertiary/aromatic N) is 4. The predicted octanol–water partition coefficient (Wildman–Crippen LogP) is 2.69. The van der Waals surface area contributed by atoms with Gasteiger partial charge >= 0.3 is 0 Å². The second-order valence-corrected chi connectivity index (χ2v) is 6.95. The SMILES string of the molecule is CN1CCC(Oc2cc(NC(=O)c3nn(C)c4ccccc34)ccn2)CC1. The van der Waals surface area contributed by atoms with Crippen molar-refractivity contribution in [3.05, 3.63) is 48.3 Å². The molecule has 0 unspecified atom stereocenters. The summed E-state index contributed by atoms with van der Waals surface area (Å²) in [7, 11) is 3.95. The third-order valence-corrected chi connectivity index (χ3v) is 4.92. The van der Waals surface area contributed by atoms with Gasteiger partial charge in [-0.3, -0.25) is 9.48 Å². The lowest BCUT2D eigenvalue weighted by molar-refractivity contribution is 0.102. The van der Waals surface area contributed by atoms with Crippen LogP contribution in [-0.2, 0) is 7.05 Å². The van der Waals surface area contributed by atoms with Crippen molar-refractivity contribution < 1.29 is 9.53 Å². The van der Waals surface area contributed by atoms with Gasteiger partial charge in [-0.1, -0.05) is 18.2 Å². The van der Waals surface area contributed by atoms with E-state index in [-0.39, 0.29) is 12.0 Å². The number of ether oxygens (including phenoxy) is 1. The van der Waals surface area contributed by atoms with Gasteiger partial charge in [-0.25, -0.2) is 4.98 Å². The minimum Gasteiger partial charge on any atom is -0.474 e. The summed E-state index contributed by atoms with van der Waals surface area (Å²) in [6.07, 6.45) is 3.78. The van der Waals surface area contributed by atoms with Crippen LogP contribution in [0.1, 0.15) is 23.3 Å². The van der Waals surface area contributed by atoms with Gasteiger partial charge < -0.3 is 15.0 Å². The highest BCUT2D eigenvalue weighted by atomic mass is 16.5. The molecule has 27 heavy (non-hydrogen) atoms. The van der Waals surface area contributed by atoms with Crippen molar-refractivity contribution in [2.24, 2.45) is 7.05 Å². The van der Waals surface area contributed by atoms with Crippen molar-refractivity contribution in [1.82, 2.24) is 19.7 Å². The van der Waals surface area contributed by atoms with E-state index in [0.29, 0.717) is 17.3 Å². The van der Waals surface area contributed by atoms with E-state index in [0.717, 1.165) is 36.8 Å². The van der Waals surface area contributed by atoms with Crippen molar-refractivity contribution in [3.8, 4) is 5.88 Å². The first kappa shape index (κ1) is 17.5. The van der Waals surface area contributed by atoms with Crippen molar-refractivity contribution in [2.75, 3.05) is 25.5 Å². The molecule has 1 N–H and O–H groups in total. The number of hydrogen-bond acceptors (Lipinski definition) is 5. The fourth-order valence-electron chi connectivity index (χ4n) is 3.40. The number of rotatable bonds is 4. The summed E-state index contributed by atoms with van der Waals surface area (Å²) >= 11 is 0. The molecule has 7 nitrogen and oxygen atoms in total. The van der Waals surface area contributed by atoms with Gasteiger partial charge in [0.1, 0.15) is 6.10 Å². The zero-order chi connectivity index (χ0) is 18.8. The van der Waals surface area contributed by atoms with Gasteiger partial charge in [-0.05, 0) is 32.0 Å². The van der Waals surface area contributed by atoms with Crippen LogP contribution in [0.4, 0.5) is 5.69 Å². The number of fused-ring (bicyclic) bond motifs is 1. The van der Waals surface area contributed by atoms with E-state index in [1.165, 1.54) is 0 Å². The zero-order valence-corrected chi connectivity index (χ0v) is 15.6.